The Hall–Kier alpha value is -0.690. The van der Waals surface area contributed by atoms with Gasteiger partial charge in [-0.3, -0.25) is 0 Å². The first kappa shape index (κ1) is 8.41. The van der Waals surface area contributed by atoms with Crippen molar-refractivity contribution in [2.45, 2.75) is 12.2 Å². The van der Waals surface area contributed by atoms with E-state index >= 15 is 0 Å². The molecule has 0 heterocycles. The van der Waals surface area contributed by atoms with E-state index in [1.54, 1.807) is 11.8 Å². The van der Waals surface area contributed by atoms with Crippen LogP contribution < -0.4 is 0 Å². The van der Waals surface area contributed by atoms with Crippen LogP contribution in [-0.2, 0) is 0 Å². The van der Waals surface area contributed by atoms with Crippen molar-refractivity contribution in [3.05, 3.63) is 47.9 Å². The third kappa shape index (κ3) is 2.43. The highest BCUT2D eigenvalue weighted by atomic mass is 32.2. The molecule has 0 amide bonds. The lowest BCUT2D eigenvalue weighted by Crippen LogP contribution is -1.84. The molecule has 1 aromatic carbocycles. The molecule has 0 fully saturated rings. The summed E-state index contributed by atoms with van der Waals surface area (Å²) in [6.45, 7) is 5.87. The molecule has 58 valence electrons. The zero-order chi connectivity index (χ0) is 8.10. The fourth-order valence-corrected chi connectivity index (χ4v) is 1.55. The van der Waals surface area contributed by atoms with E-state index in [0.717, 1.165) is 0 Å². The Morgan fingerprint density at radius 3 is 2.55 bits per heavy atom. The van der Waals surface area contributed by atoms with Crippen molar-refractivity contribution in [2.75, 3.05) is 0 Å². The predicted molar refractivity (Wildman–Crippen MR) is 52.6 cm³/mol. The highest BCUT2D eigenvalue weighted by molar-refractivity contribution is 8.02. The molecule has 0 N–H and O–H groups in total. The van der Waals surface area contributed by atoms with Gasteiger partial charge < -0.3 is 0 Å². The molecule has 1 unspecified atom stereocenters. The van der Waals surface area contributed by atoms with Crippen molar-refractivity contribution in [1.82, 2.24) is 0 Å². The van der Waals surface area contributed by atoms with Gasteiger partial charge in [0.15, 0.2) is 0 Å². The number of thioether (sulfide) groups is 1. The summed E-state index contributed by atoms with van der Waals surface area (Å²) in [7, 11) is 0. The van der Waals surface area contributed by atoms with Crippen molar-refractivity contribution in [2.24, 2.45) is 0 Å². The van der Waals surface area contributed by atoms with Crippen molar-refractivity contribution < 1.29 is 0 Å². The number of rotatable bonds is 3. The maximum atomic E-state index is 3.69. The maximum Gasteiger partial charge on any atom is 0.0310 e. The van der Waals surface area contributed by atoms with Crippen molar-refractivity contribution in [3.63, 3.8) is 0 Å². The molecule has 0 spiro atoms. The van der Waals surface area contributed by atoms with Gasteiger partial charge in [0.2, 0.25) is 0 Å². The summed E-state index contributed by atoms with van der Waals surface area (Å²) in [5.41, 5.74) is 1.36. The zero-order valence-corrected chi connectivity index (χ0v) is 7.47. The van der Waals surface area contributed by atoms with Crippen LogP contribution in [0.5, 0.6) is 0 Å². The Morgan fingerprint density at radius 1 is 1.36 bits per heavy atom. The predicted octanol–water partition coefficient (Wildman–Crippen LogP) is 3.62. The molecule has 0 saturated heterocycles. The van der Waals surface area contributed by atoms with Crippen LogP contribution in [0.3, 0.4) is 0 Å². The molecule has 0 saturated carbocycles. The molecule has 1 aromatic rings. The van der Waals surface area contributed by atoms with Crippen LogP contribution in [0, 0.1) is 0 Å². The standard InChI is InChI=1S/C10H12S/c1-3-11-9(2)10-7-5-4-6-8-10/h3-9H,1H2,2H3. The molecule has 1 heteroatoms. The van der Waals surface area contributed by atoms with Gasteiger partial charge >= 0.3 is 0 Å². The lowest BCUT2D eigenvalue weighted by Gasteiger charge is -2.06. The van der Waals surface area contributed by atoms with Gasteiger partial charge in [0.25, 0.3) is 0 Å². The molecule has 0 radical (unpaired) electrons. The number of hydrogen-bond acceptors (Lipinski definition) is 1. The second kappa shape index (κ2) is 4.24. The van der Waals surface area contributed by atoms with E-state index in [9.17, 15) is 0 Å². The highest BCUT2D eigenvalue weighted by Gasteiger charge is 2.00. The minimum Gasteiger partial charge on any atom is -0.127 e. The Bertz CT molecular complexity index is 216. The fourth-order valence-electron chi connectivity index (χ4n) is 0.947. The molecule has 0 aliphatic rings. The van der Waals surface area contributed by atoms with E-state index < -0.39 is 0 Å². The third-order valence-corrected chi connectivity index (χ3v) is 2.44. The second-order valence-electron chi connectivity index (χ2n) is 2.36. The molecular formula is C10H12S. The first-order valence-corrected chi connectivity index (χ1v) is 4.60. The van der Waals surface area contributed by atoms with Gasteiger partial charge in [-0.25, -0.2) is 0 Å². The Balaban J connectivity index is 2.68. The minimum absolute atomic E-state index is 0.522. The van der Waals surface area contributed by atoms with Gasteiger partial charge in [0.05, 0.1) is 0 Å². The van der Waals surface area contributed by atoms with Crippen molar-refractivity contribution >= 4 is 11.8 Å². The lowest BCUT2D eigenvalue weighted by atomic mass is 10.2. The lowest BCUT2D eigenvalue weighted by molar-refractivity contribution is 1.11. The summed E-state index contributed by atoms with van der Waals surface area (Å²) >= 11 is 1.75. The van der Waals surface area contributed by atoms with E-state index in [1.807, 2.05) is 11.5 Å². The average molecular weight is 164 g/mol. The molecule has 1 rings (SSSR count). The molecule has 0 aliphatic carbocycles. The third-order valence-electron chi connectivity index (χ3n) is 1.57. The SMILES string of the molecule is C=CSC(C)c1ccccc1. The summed E-state index contributed by atoms with van der Waals surface area (Å²) in [6, 6.07) is 10.4. The molecule has 0 bridgehead atoms. The van der Waals surface area contributed by atoms with Gasteiger partial charge in [-0.05, 0) is 17.9 Å². The first-order valence-electron chi connectivity index (χ1n) is 3.66. The molecule has 0 nitrogen and oxygen atoms in total. The maximum absolute atomic E-state index is 3.69. The largest absolute Gasteiger partial charge is 0.127 e. The molecule has 0 aliphatic heterocycles. The van der Waals surface area contributed by atoms with Gasteiger partial charge in [-0.1, -0.05) is 36.9 Å². The van der Waals surface area contributed by atoms with E-state index in [1.165, 1.54) is 5.56 Å². The minimum atomic E-state index is 0.522. The van der Waals surface area contributed by atoms with Gasteiger partial charge in [-0.2, -0.15) is 0 Å². The summed E-state index contributed by atoms with van der Waals surface area (Å²) in [6.07, 6.45) is 0. The van der Waals surface area contributed by atoms with Crippen LogP contribution in [0.4, 0.5) is 0 Å². The second-order valence-corrected chi connectivity index (χ2v) is 3.67. The van der Waals surface area contributed by atoms with Crippen LogP contribution in [0.15, 0.2) is 42.3 Å². The fraction of sp³-hybridized carbons (Fsp3) is 0.200. The first-order chi connectivity index (χ1) is 5.34. The molecule has 11 heavy (non-hydrogen) atoms. The van der Waals surface area contributed by atoms with Gasteiger partial charge in [0.1, 0.15) is 0 Å². The van der Waals surface area contributed by atoms with Crippen LogP contribution in [0.1, 0.15) is 17.7 Å². The Kier molecular flexibility index (Phi) is 3.24. The summed E-state index contributed by atoms with van der Waals surface area (Å²) in [5.74, 6) is 0. The average Bonchev–Trinajstić information content (AvgIpc) is 2.07. The van der Waals surface area contributed by atoms with Crippen LogP contribution in [0.25, 0.3) is 0 Å². The Labute approximate surface area is 72.3 Å². The monoisotopic (exact) mass is 164 g/mol. The van der Waals surface area contributed by atoms with Crippen LogP contribution >= 0.6 is 11.8 Å². The molecular weight excluding hydrogens is 152 g/mol. The smallest absolute Gasteiger partial charge is 0.0310 e. The Morgan fingerprint density at radius 2 is 2.00 bits per heavy atom. The van der Waals surface area contributed by atoms with E-state index in [0.29, 0.717) is 5.25 Å². The van der Waals surface area contributed by atoms with E-state index in [-0.39, 0.29) is 0 Å². The van der Waals surface area contributed by atoms with E-state index in [4.69, 9.17) is 0 Å². The van der Waals surface area contributed by atoms with Crippen LogP contribution in [0.2, 0.25) is 0 Å². The summed E-state index contributed by atoms with van der Waals surface area (Å²) in [4.78, 5) is 0. The van der Waals surface area contributed by atoms with Crippen molar-refractivity contribution in [1.29, 1.82) is 0 Å². The topological polar surface area (TPSA) is 0 Å². The highest BCUT2D eigenvalue weighted by Crippen LogP contribution is 2.27. The van der Waals surface area contributed by atoms with E-state index in [2.05, 4.69) is 37.8 Å². The normalized spacial score (nSPS) is 12.5. The summed E-state index contributed by atoms with van der Waals surface area (Å²) < 4.78 is 0. The number of benzene rings is 1. The molecule has 1 atom stereocenters. The van der Waals surface area contributed by atoms with Crippen molar-refractivity contribution in [3.8, 4) is 0 Å². The summed E-state index contributed by atoms with van der Waals surface area (Å²) in [5, 5.41) is 2.41. The van der Waals surface area contributed by atoms with Gasteiger partial charge in [-0.15, -0.1) is 11.8 Å². The zero-order valence-electron chi connectivity index (χ0n) is 6.66. The molecule has 0 aromatic heterocycles. The van der Waals surface area contributed by atoms with Crippen LogP contribution in [-0.4, -0.2) is 0 Å². The van der Waals surface area contributed by atoms with Gasteiger partial charge in [0, 0.05) is 5.25 Å². The number of hydrogen-bond donors (Lipinski definition) is 0. The quantitative estimate of drug-likeness (QED) is 0.657.